The second-order valence-corrected chi connectivity index (χ2v) is 5.04. The molecule has 0 atom stereocenters. The van der Waals surface area contributed by atoms with Crippen LogP contribution in [0.2, 0.25) is 0 Å². The largest absolute Gasteiger partial charge is 0.368 e. The Morgan fingerprint density at radius 1 is 1.40 bits per heavy atom. The summed E-state index contributed by atoms with van der Waals surface area (Å²) in [5.41, 5.74) is 5.46. The normalized spacial score (nSPS) is 14.3. The highest BCUT2D eigenvalue weighted by molar-refractivity contribution is 5.79. The van der Waals surface area contributed by atoms with E-state index in [0.717, 1.165) is 12.8 Å². The van der Waals surface area contributed by atoms with Crippen molar-refractivity contribution in [3.63, 3.8) is 0 Å². The maximum atomic E-state index is 14.1. The number of hydrogen-bond acceptors (Lipinski definition) is 3. The number of nitrogens with zero attached hydrogens (tertiary/aromatic N) is 1. The van der Waals surface area contributed by atoms with Crippen molar-refractivity contribution >= 4 is 11.6 Å². The quantitative estimate of drug-likeness (QED) is 0.798. The van der Waals surface area contributed by atoms with Crippen LogP contribution in [0.15, 0.2) is 12.1 Å². The third kappa shape index (κ3) is 3.66. The summed E-state index contributed by atoms with van der Waals surface area (Å²) < 4.78 is 28.2. The minimum Gasteiger partial charge on any atom is -0.368 e. The first-order valence-electron chi connectivity index (χ1n) is 6.75. The van der Waals surface area contributed by atoms with Gasteiger partial charge in [-0.2, -0.15) is 0 Å². The number of anilines is 1. The smallest absolute Gasteiger partial charge is 0.236 e. The van der Waals surface area contributed by atoms with E-state index in [2.05, 4.69) is 5.32 Å². The molecule has 1 aliphatic rings. The van der Waals surface area contributed by atoms with Gasteiger partial charge in [-0.05, 0) is 37.5 Å². The van der Waals surface area contributed by atoms with E-state index in [1.54, 1.807) is 6.92 Å². The van der Waals surface area contributed by atoms with E-state index < -0.39 is 17.5 Å². The molecule has 1 aliphatic carbocycles. The number of nitrogens with one attached hydrogen (secondary N) is 1. The van der Waals surface area contributed by atoms with Crippen LogP contribution in [0, 0.1) is 11.6 Å². The molecule has 6 heteroatoms. The van der Waals surface area contributed by atoms with E-state index in [9.17, 15) is 13.6 Å². The first kappa shape index (κ1) is 14.7. The van der Waals surface area contributed by atoms with Gasteiger partial charge in [0.05, 0.1) is 6.54 Å². The fourth-order valence-corrected chi connectivity index (χ4v) is 2.11. The van der Waals surface area contributed by atoms with E-state index in [1.165, 1.54) is 17.0 Å². The van der Waals surface area contributed by atoms with Gasteiger partial charge < -0.3 is 16.0 Å². The Morgan fingerprint density at radius 2 is 2.00 bits per heavy atom. The van der Waals surface area contributed by atoms with E-state index >= 15 is 0 Å². The second kappa shape index (κ2) is 6.17. The Morgan fingerprint density at radius 3 is 2.45 bits per heavy atom. The van der Waals surface area contributed by atoms with Crippen molar-refractivity contribution in [2.75, 3.05) is 18.0 Å². The summed E-state index contributed by atoms with van der Waals surface area (Å²) in [6, 6.07) is 3.08. The van der Waals surface area contributed by atoms with Crippen molar-refractivity contribution in [3.8, 4) is 0 Å². The number of primary amides is 1. The van der Waals surface area contributed by atoms with Gasteiger partial charge in [0.2, 0.25) is 5.91 Å². The minimum atomic E-state index is -0.666. The van der Waals surface area contributed by atoms with Gasteiger partial charge in [-0.15, -0.1) is 0 Å². The van der Waals surface area contributed by atoms with Crippen molar-refractivity contribution in [3.05, 3.63) is 29.3 Å². The van der Waals surface area contributed by atoms with Gasteiger partial charge in [-0.25, -0.2) is 8.78 Å². The highest BCUT2D eigenvalue weighted by Crippen LogP contribution is 2.26. The molecule has 0 unspecified atom stereocenters. The molecule has 0 radical (unpaired) electrons. The zero-order chi connectivity index (χ0) is 14.7. The van der Waals surface area contributed by atoms with Gasteiger partial charge in [0, 0.05) is 19.1 Å². The molecule has 0 bridgehead atoms. The second-order valence-electron chi connectivity index (χ2n) is 5.04. The Bertz CT molecular complexity index is 480. The molecule has 1 aromatic carbocycles. The third-order valence-corrected chi connectivity index (χ3v) is 3.29. The molecule has 0 heterocycles. The van der Waals surface area contributed by atoms with E-state index in [-0.39, 0.29) is 12.2 Å². The van der Waals surface area contributed by atoms with Crippen LogP contribution in [-0.4, -0.2) is 25.0 Å². The van der Waals surface area contributed by atoms with Crippen LogP contribution in [0.5, 0.6) is 0 Å². The highest BCUT2D eigenvalue weighted by atomic mass is 19.1. The predicted octanol–water partition coefficient (Wildman–Crippen LogP) is 1.53. The van der Waals surface area contributed by atoms with Crippen molar-refractivity contribution in [2.24, 2.45) is 5.73 Å². The van der Waals surface area contributed by atoms with Crippen LogP contribution in [0.4, 0.5) is 14.5 Å². The summed E-state index contributed by atoms with van der Waals surface area (Å²) >= 11 is 0. The molecular formula is C14H19F2N3O. The van der Waals surface area contributed by atoms with Crippen LogP contribution in [-0.2, 0) is 11.3 Å². The Kier molecular flexibility index (Phi) is 4.54. The summed E-state index contributed by atoms with van der Waals surface area (Å²) in [4.78, 5) is 12.2. The number of halogens is 2. The molecule has 0 aliphatic heterocycles. The predicted molar refractivity (Wildman–Crippen MR) is 73.3 cm³/mol. The number of likely N-dealkylation sites (N-methyl/N-ethyl adjacent to an activating group) is 1. The molecule has 0 spiro atoms. The zero-order valence-electron chi connectivity index (χ0n) is 11.5. The average Bonchev–Trinajstić information content (AvgIpc) is 3.17. The van der Waals surface area contributed by atoms with Crippen LogP contribution >= 0.6 is 0 Å². The summed E-state index contributed by atoms with van der Waals surface area (Å²) in [6.07, 6.45) is 2.23. The number of benzene rings is 1. The topological polar surface area (TPSA) is 58.4 Å². The van der Waals surface area contributed by atoms with Gasteiger partial charge in [0.1, 0.15) is 17.3 Å². The Hall–Kier alpha value is -1.69. The minimum absolute atomic E-state index is 0.193. The average molecular weight is 283 g/mol. The summed E-state index contributed by atoms with van der Waals surface area (Å²) in [5, 5.41) is 3.20. The SMILES string of the molecule is CCN(CC(N)=O)c1c(F)cc(CNC2CC2)cc1F. The van der Waals surface area contributed by atoms with E-state index in [4.69, 9.17) is 5.73 Å². The van der Waals surface area contributed by atoms with Crippen LogP contribution in [0.1, 0.15) is 25.3 Å². The number of hydrogen-bond donors (Lipinski definition) is 2. The van der Waals surface area contributed by atoms with Crippen LogP contribution in [0.3, 0.4) is 0 Å². The molecule has 0 aromatic heterocycles. The molecule has 1 saturated carbocycles. The lowest BCUT2D eigenvalue weighted by molar-refractivity contribution is -0.116. The highest BCUT2D eigenvalue weighted by Gasteiger charge is 2.22. The monoisotopic (exact) mass is 283 g/mol. The van der Waals surface area contributed by atoms with E-state index in [1.807, 2.05) is 0 Å². The molecular weight excluding hydrogens is 264 g/mol. The molecule has 1 aromatic rings. The van der Waals surface area contributed by atoms with Gasteiger partial charge in [0.15, 0.2) is 0 Å². The van der Waals surface area contributed by atoms with Gasteiger partial charge >= 0.3 is 0 Å². The third-order valence-electron chi connectivity index (χ3n) is 3.29. The molecule has 1 amide bonds. The van der Waals surface area contributed by atoms with Gasteiger partial charge in [-0.3, -0.25) is 4.79 Å². The number of carbonyl (C=O) groups is 1. The van der Waals surface area contributed by atoms with Crippen molar-refractivity contribution in [2.45, 2.75) is 32.4 Å². The molecule has 2 rings (SSSR count). The first-order chi connectivity index (χ1) is 9.51. The Labute approximate surface area is 116 Å². The first-order valence-corrected chi connectivity index (χ1v) is 6.75. The summed E-state index contributed by atoms with van der Waals surface area (Å²) in [5.74, 6) is -1.95. The summed E-state index contributed by atoms with van der Waals surface area (Å²) in [6.45, 7) is 2.26. The summed E-state index contributed by atoms with van der Waals surface area (Å²) in [7, 11) is 0. The molecule has 110 valence electrons. The number of rotatable bonds is 7. The number of amides is 1. The van der Waals surface area contributed by atoms with Crippen LogP contribution in [0.25, 0.3) is 0 Å². The molecule has 4 nitrogen and oxygen atoms in total. The maximum Gasteiger partial charge on any atom is 0.236 e. The fourth-order valence-electron chi connectivity index (χ4n) is 2.11. The molecule has 1 fully saturated rings. The maximum absolute atomic E-state index is 14.1. The lowest BCUT2D eigenvalue weighted by Gasteiger charge is -2.23. The fraction of sp³-hybridized carbons (Fsp3) is 0.500. The molecule has 20 heavy (non-hydrogen) atoms. The van der Waals surface area contributed by atoms with Gasteiger partial charge in [-0.1, -0.05) is 0 Å². The standard InChI is InChI=1S/C14H19F2N3O/c1-2-19(8-13(17)20)14-11(15)5-9(6-12(14)16)7-18-10-3-4-10/h5-6,10,18H,2-4,7-8H2,1H3,(H2,17,20). The molecule has 0 saturated heterocycles. The number of carbonyl (C=O) groups excluding carboxylic acids is 1. The van der Waals surface area contributed by atoms with Crippen molar-refractivity contribution in [1.82, 2.24) is 5.32 Å². The van der Waals surface area contributed by atoms with Crippen LogP contribution < -0.4 is 16.0 Å². The lowest BCUT2D eigenvalue weighted by Crippen LogP contribution is -2.34. The van der Waals surface area contributed by atoms with Crippen molar-refractivity contribution < 1.29 is 13.6 Å². The van der Waals surface area contributed by atoms with Crippen molar-refractivity contribution in [1.29, 1.82) is 0 Å². The number of nitrogens with two attached hydrogens (primary N) is 1. The zero-order valence-corrected chi connectivity index (χ0v) is 11.5. The molecule has 3 N–H and O–H groups in total. The van der Waals surface area contributed by atoms with E-state index in [0.29, 0.717) is 24.7 Å². The van der Waals surface area contributed by atoms with Gasteiger partial charge in [0.25, 0.3) is 0 Å². The lowest BCUT2D eigenvalue weighted by atomic mass is 10.1. The Balaban J connectivity index is 2.17.